The van der Waals surface area contributed by atoms with Crippen LogP contribution in [0.1, 0.15) is 25.8 Å². The Balaban J connectivity index is 1.48. The summed E-state index contributed by atoms with van der Waals surface area (Å²) in [6, 6.07) is 28.6. The topological polar surface area (TPSA) is 74.2 Å². The predicted molar refractivity (Wildman–Crippen MR) is 153 cm³/mol. The van der Waals surface area contributed by atoms with Crippen LogP contribution in [-0.4, -0.2) is 30.9 Å². The third-order valence-corrected chi connectivity index (χ3v) is 7.58. The number of esters is 1. The summed E-state index contributed by atoms with van der Waals surface area (Å²) in [5.74, 6) is 1.23. The average molecular weight is 543 g/mol. The van der Waals surface area contributed by atoms with E-state index in [0.717, 1.165) is 28.1 Å². The fourth-order valence-electron chi connectivity index (χ4n) is 4.62. The van der Waals surface area contributed by atoms with Gasteiger partial charge in [0.15, 0.2) is 5.60 Å². The molecule has 5 rings (SSSR count). The van der Waals surface area contributed by atoms with Crippen LogP contribution < -0.4 is 14.2 Å². The summed E-state index contributed by atoms with van der Waals surface area (Å²) in [5, 5.41) is 13.3. The monoisotopic (exact) mass is 542 g/mol. The lowest BCUT2D eigenvalue weighted by Crippen LogP contribution is -2.42. The SMILES string of the molecule is CCOc1ccc(OCC)c(SC2=C(O)CC(COc3cccc4ccccc34)(c3ccccc3)OC2=O)c1. The van der Waals surface area contributed by atoms with E-state index in [1.165, 1.54) is 0 Å². The Morgan fingerprint density at radius 3 is 2.36 bits per heavy atom. The molecule has 0 aromatic heterocycles. The third kappa shape index (κ3) is 5.68. The first-order valence-electron chi connectivity index (χ1n) is 12.9. The lowest BCUT2D eigenvalue weighted by atomic mass is 9.88. The predicted octanol–water partition coefficient (Wildman–Crippen LogP) is 7.42. The molecule has 1 aliphatic rings. The molecule has 1 N–H and O–H groups in total. The molecular weight excluding hydrogens is 512 g/mol. The number of cyclic esters (lactones) is 1. The maximum Gasteiger partial charge on any atom is 0.349 e. The molecule has 39 heavy (non-hydrogen) atoms. The number of fused-ring (bicyclic) bond motifs is 1. The summed E-state index contributed by atoms with van der Waals surface area (Å²) in [5.41, 5.74) is -0.471. The normalized spacial score (nSPS) is 17.1. The van der Waals surface area contributed by atoms with Crippen molar-refractivity contribution in [2.45, 2.75) is 30.8 Å². The maximum absolute atomic E-state index is 13.5. The van der Waals surface area contributed by atoms with Crippen LogP contribution in [0.2, 0.25) is 0 Å². The van der Waals surface area contributed by atoms with Gasteiger partial charge in [-0.15, -0.1) is 0 Å². The van der Waals surface area contributed by atoms with E-state index < -0.39 is 11.6 Å². The van der Waals surface area contributed by atoms with Gasteiger partial charge in [-0.1, -0.05) is 78.5 Å². The summed E-state index contributed by atoms with van der Waals surface area (Å²) in [6.45, 7) is 4.78. The molecule has 0 saturated carbocycles. The molecule has 0 aliphatic carbocycles. The zero-order valence-corrected chi connectivity index (χ0v) is 22.7. The minimum absolute atomic E-state index is 0.0305. The number of aliphatic hydroxyl groups excluding tert-OH is 1. The van der Waals surface area contributed by atoms with Crippen molar-refractivity contribution in [1.29, 1.82) is 0 Å². The van der Waals surface area contributed by atoms with Gasteiger partial charge in [0.25, 0.3) is 0 Å². The lowest BCUT2D eigenvalue weighted by Gasteiger charge is -2.37. The van der Waals surface area contributed by atoms with Gasteiger partial charge in [0.05, 0.1) is 24.5 Å². The molecule has 0 spiro atoms. The summed E-state index contributed by atoms with van der Waals surface area (Å²) in [7, 11) is 0. The minimum atomic E-state index is -1.21. The van der Waals surface area contributed by atoms with Crippen LogP contribution in [0.5, 0.6) is 17.2 Å². The molecule has 0 radical (unpaired) electrons. The van der Waals surface area contributed by atoms with Gasteiger partial charge >= 0.3 is 5.97 Å². The van der Waals surface area contributed by atoms with Crippen molar-refractivity contribution in [3.05, 3.63) is 107 Å². The van der Waals surface area contributed by atoms with E-state index in [4.69, 9.17) is 18.9 Å². The Labute approximate surface area is 232 Å². The fraction of sp³-hybridized carbons (Fsp3) is 0.219. The molecule has 0 saturated heterocycles. The zero-order valence-electron chi connectivity index (χ0n) is 21.9. The third-order valence-electron chi connectivity index (χ3n) is 6.44. The highest BCUT2D eigenvalue weighted by atomic mass is 32.2. The van der Waals surface area contributed by atoms with Gasteiger partial charge in [-0.3, -0.25) is 0 Å². The number of hydrogen-bond donors (Lipinski definition) is 1. The molecular formula is C32H30O6S. The molecule has 0 fully saturated rings. The van der Waals surface area contributed by atoms with Crippen molar-refractivity contribution in [3.63, 3.8) is 0 Å². The number of carbonyl (C=O) groups is 1. The van der Waals surface area contributed by atoms with Crippen molar-refractivity contribution in [1.82, 2.24) is 0 Å². The van der Waals surface area contributed by atoms with Crippen LogP contribution in [0.3, 0.4) is 0 Å². The zero-order chi connectivity index (χ0) is 27.2. The molecule has 4 aromatic rings. The van der Waals surface area contributed by atoms with Crippen molar-refractivity contribution in [2.75, 3.05) is 19.8 Å². The van der Waals surface area contributed by atoms with Crippen LogP contribution in [0.25, 0.3) is 10.8 Å². The van der Waals surface area contributed by atoms with E-state index >= 15 is 0 Å². The van der Waals surface area contributed by atoms with E-state index in [0.29, 0.717) is 35.4 Å². The molecule has 1 heterocycles. The Morgan fingerprint density at radius 2 is 1.59 bits per heavy atom. The number of aliphatic hydroxyl groups is 1. The number of hydrogen-bond acceptors (Lipinski definition) is 7. The van der Waals surface area contributed by atoms with E-state index in [9.17, 15) is 9.90 Å². The van der Waals surface area contributed by atoms with Crippen molar-refractivity contribution < 1.29 is 28.8 Å². The molecule has 1 aliphatic heterocycles. The number of ether oxygens (including phenoxy) is 4. The Hall–Kier alpha value is -4.10. The van der Waals surface area contributed by atoms with Gasteiger partial charge in [-0.05, 0) is 49.1 Å². The van der Waals surface area contributed by atoms with Crippen LogP contribution in [0, 0.1) is 0 Å². The molecule has 0 bridgehead atoms. The number of rotatable bonds is 10. The molecule has 1 atom stereocenters. The standard InChI is InChI=1S/C32H30O6S/c1-3-35-24-17-18-28(36-4-2)29(19-24)39-30-26(33)20-32(38-31(30)34,23-13-6-5-7-14-23)21-37-27-16-10-12-22-11-8-9-15-25(22)27/h5-19,33H,3-4,20-21H2,1-2H3. The smallest absolute Gasteiger partial charge is 0.349 e. The maximum atomic E-state index is 13.5. The van der Waals surface area contributed by atoms with Crippen LogP contribution in [0.15, 0.2) is 107 Å². The number of carbonyl (C=O) groups excluding carboxylic acids is 1. The highest BCUT2D eigenvalue weighted by Gasteiger charge is 2.45. The lowest BCUT2D eigenvalue weighted by molar-refractivity contribution is -0.163. The summed E-state index contributed by atoms with van der Waals surface area (Å²) in [4.78, 5) is 14.3. The summed E-state index contributed by atoms with van der Waals surface area (Å²) in [6.07, 6.45) is 0.0605. The van der Waals surface area contributed by atoms with E-state index in [1.54, 1.807) is 12.1 Å². The van der Waals surface area contributed by atoms with Crippen LogP contribution in [0.4, 0.5) is 0 Å². The van der Waals surface area contributed by atoms with E-state index in [1.807, 2.05) is 92.7 Å². The highest BCUT2D eigenvalue weighted by molar-refractivity contribution is 8.04. The molecule has 1 unspecified atom stereocenters. The largest absolute Gasteiger partial charge is 0.511 e. The Bertz CT molecular complexity index is 1490. The minimum Gasteiger partial charge on any atom is -0.511 e. The second-order valence-electron chi connectivity index (χ2n) is 9.05. The quantitative estimate of drug-likeness (QED) is 0.209. The molecule has 7 heteroatoms. The number of thioether (sulfide) groups is 1. The summed E-state index contributed by atoms with van der Waals surface area (Å²) >= 11 is 1.11. The van der Waals surface area contributed by atoms with Crippen LogP contribution in [-0.2, 0) is 15.1 Å². The molecule has 6 nitrogen and oxygen atoms in total. The van der Waals surface area contributed by atoms with Crippen LogP contribution >= 0.6 is 11.8 Å². The van der Waals surface area contributed by atoms with E-state index in [2.05, 4.69) is 0 Å². The average Bonchev–Trinajstić information content (AvgIpc) is 2.96. The molecule has 200 valence electrons. The fourth-order valence-corrected chi connectivity index (χ4v) is 5.56. The van der Waals surface area contributed by atoms with Crippen molar-refractivity contribution in [2.24, 2.45) is 0 Å². The van der Waals surface area contributed by atoms with Gasteiger partial charge in [0, 0.05) is 5.39 Å². The summed E-state index contributed by atoms with van der Waals surface area (Å²) < 4.78 is 23.9. The first-order chi connectivity index (χ1) is 19.0. The van der Waals surface area contributed by atoms with E-state index in [-0.39, 0.29) is 23.7 Å². The molecule has 4 aromatic carbocycles. The van der Waals surface area contributed by atoms with Gasteiger partial charge < -0.3 is 24.1 Å². The number of benzene rings is 4. The van der Waals surface area contributed by atoms with Gasteiger partial charge in [-0.25, -0.2) is 4.79 Å². The second kappa shape index (κ2) is 11.7. The van der Waals surface area contributed by atoms with Crippen molar-refractivity contribution >= 4 is 28.5 Å². The van der Waals surface area contributed by atoms with Gasteiger partial charge in [0.2, 0.25) is 0 Å². The van der Waals surface area contributed by atoms with Crippen molar-refractivity contribution in [3.8, 4) is 17.2 Å². The van der Waals surface area contributed by atoms with Gasteiger partial charge in [0.1, 0.15) is 34.5 Å². The first kappa shape index (κ1) is 26.5. The Kier molecular flexibility index (Phi) is 7.98. The molecule has 0 amide bonds. The first-order valence-corrected chi connectivity index (χ1v) is 13.7. The Morgan fingerprint density at radius 1 is 0.846 bits per heavy atom. The highest BCUT2D eigenvalue weighted by Crippen LogP contribution is 2.45. The second-order valence-corrected chi connectivity index (χ2v) is 10.1. The van der Waals surface area contributed by atoms with Gasteiger partial charge in [-0.2, -0.15) is 0 Å².